The summed E-state index contributed by atoms with van der Waals surface area (Å²) in [5.74, 6) is 0.737. The summed E-state index contributed by atoms with van der Waals surface area (Å²) in [6, 6.07) is 2.87. The van der Waals surface area contributed by atoms with Crippen molar-refractivity contribution in [1.29, 1.82) is 0 Å². The molecule has 2 nitrogen and oxygen atoms in total. The third kappa shape index (κ3) is 5.34. The average molecular weight is 347 g/mol. The maximum Gasteiger partial charge on any atom is 0.0948 e. The molecule has 0 aromatic carbocycles. The van der Waals surface area contributed by atoms with Crippen LogP contribution in [0, 0.1) is 0 Å². The second kappa shape index (κ2) is 9.60. The highest BCUT2D eigenvalue weighted by Gasteiger charge is 2.17. The van der Waals surface area contributed by atoms with Crippen molar-refractivity contribution in [2.75, 3.05) is 5.73 Å². The maximum atomic E-state index is 6.32. The van der Waals surface area contributed by atoms with E-state index in [1.807, 2.05) is 11.3 Å². The monoisotopic (exact) mass is 346 g/mol. The number of anilines is 1. The molecular formula is C21H34N2S. The molecule has 2 saturated carbocycles. The number of aliphatic imine (C=N–C) groups is 1. The van der Waals surface area contributed by atoms with Gasteiger partial charge >= 0.3 is 0 Å². The van der Waals surface area contributed by atoms with E-state index >= 15 is 0 Å². The van der Waals surface area contributed by atoms with Gasteiger partial charge in [0.05, 0.1) is 5.00 Å². The van der Waals surface area contributed by atoms with Crippen LogP contribution in [0.15, 0.2) is 11.1 Å². The average Bonchev–Trinajstić information content (AvgIpc) is 2.87. The number of nitrogens with zero attached hydrogens (tertiary/aromatic N) is 1. The predicted molar refractivity (Wildman–Crippen MR) is 107 cm³/mol. The molecule has 0 saturated heterocycles. The Hall–Kier alpha value is -0.830. The van der Waals surface area contributed by atoms with Crippen LogP contribution in [0.3, 0.4) is 0 Å². The van der Waals surface area contributed by atoms with Crippen LogP contribution >= 0.6 is 11.3 Å². The fourth-order valence-electron chi connectivity index (χ4n) is 4.25. The molecule has 0 atom stereocenters. The van der Waals surface area contributed by atoms with Gasteiger partial charge in [0.25, 0.3) is 0 Å². The predicted octanol–water partition coefficient (Wildman–Crippen LogP) is 6.69. The van der Waals surface area contributed by atoms with E-state index in [-0.39, 0.29) is 0 Å². The van der Waals surface area contributed by atoms with Gasteiger partial charge in [0.1, 0.15) is 0 Å². The number of hydrogen-bond donors (Lipinski definition) is 1. The fraction of sp³-hybridized carbons (Fsp3) is 0.762. The molecule has 2 aliphatic carbocycles. The zero-order valence-corrected chi connectivity index (χ0v) is 16.0. The van der Waals surface area contributed by atoms with E-state index in [9.17, 15) is 0 Å². The van der Waals surface area contributed by atoms with Gasteiger partial charge in [-0.25, -0.2) is 0 Å². The first kappa shape index (κ1) is 18.0. The molecule has 1 heterocycles. The van der Waals surface area contributed by atoms with Crippen molar-refractivity contribution in [3.8, 4) is 0 Å². The summed E-state index contributed by atoms with van der Waals surface area (Å²) in [5, 5.41) is 0.974. The lowest BCUT2D eigenvalue weighted by molar-refractivity contribution is 0.456. The second-order valence-corrected chi connectivity index (χ2v) is 8.90. The van der Waals surface area contributed by atoms with Gasteiger partial charge < -0.3 is 5.73 Å². The van der Waals surface area contributed by atoms with Crippen LogP contribution in [0.2, 0.25) is 0 Å². The van der Waals surface area contributed by atoms with Crippen LogP contribution in [0.1, 0.15) is 106 Å². The van der Waals surface area contributed by atoms with Crippen LogP contribution in [0.25, 0.3) is 0 Å². The summed E-state index contributed by atoms with van der Waals surface area (Å²) >= 11 is 1.82. The normalized spacial score (nSPS) is 22.8. The van der Waals surface area contributed by atoms with Crippen molar-refractivity contribution in [3.63, 3.8) is 0 Å². The van der Waals surface area contributed by atoms with E-state index in [0.717, 1.165) is 10.9 Å². The molecule has 0 aliphatic heterocycles. The number of thiophene rings is 1. The summed E-state index contributed by atoms with van der Waals surface area (Å²) in [6.07, 6.45) is 21.2. The van der Waals surface area contributed by atoms with Gasteiger partial charge in [0.15, 0.2) is 0 Å². The quantitative estimate of drug-likeness (QED) is 0.608. The van der Waals surface area contributed by atoms with Gasteiger partial charge in [-0.2, -0.15) is 0 Å². The summed E-state index contributed by atoms with van der Waals surface area (Å²) < 4.78 is 0. The number of nitrogens with two attached hydrogens (primary N) is 1. The second-order valence-electron chi connectivity index (χ2n) is 7.79. The fourth-order valence-corrected chi connectivity index (χ4v) is 5.32. The lowest BCUT2D eigenvalue weighted by atomic mass is 9.90. The van der Waals surface area contributed by atoms with Crippen molar-refractivity contribution in [1.82, 2.24) is 0 Å². The molecule has 0 radical (unpaired) electrons. The van der Waals surface area contributed by atoms with E-state index in [4.69, 9.17) is 10.7 Å². The first-order valence-electron chi connectivity index (χ1n) is 10.3. The van der Waals surface area contributed by atoms with Gasteiger partial charge in [0.2, 0.25) is 0 Å². The summed E-state index contributed by atoms with van der Waals surface area (Å²) in [4.78, 5) is 6.42. The zero-order valence-electron chi connectivity index (χ0n) is 15.1. The SMILES string of the molecule is Nc1sc(C2CCCCCCC2)cc1C=NC1CCCCCCC1. The van der Waals surface area contributed by atoms with Crippen LogP contribution in [0.5, 0.6) is 0 Å². The molecule has 1 aromatic rings. The molecule has 1 aromatic heterocycles. The highest BCUT2D eigenvalue weighted by atomic mass is 32.1. The molecule has 3 heteroatoms. The molecule has 134 valence electrons. The minimum absolute atomic E-state index is 0.523. The maximum absolute atomic E-state index is 6.32. The zero-order chi connectivity index (χ0) is 16.6. The molecular weight excluding hydrogens is 312 g/mol. The summed E-state index contributed by atoms with van der Waals surface area (Å²) in [7, 11) is 0. The molecule has 2 aliphatic rings. The smallest absolute Gasteiger partial charge is 0.0948 e. The van der Waals surface area contributed by atoms with Gasteiger partial charge in [-0.3, -0.25) is 4.99 Å². The van der Waals surface area contributed by atoms with Crippen LogP contribution in [-0.4, -0.2) is 12.3 Å². The van der Waals surface area contributed by atoms with E-state index in [1.165, 1.54) is 100 Å². The van der Waals surface area contributed by atoms with Crippen molar-refractivity contribution >= 4 is 22.6 Å². The van der Waals surface area contributed by atoms with Crippen LogP contribution in [0.4, 0.5) is 5.00 Å². The van der Waals surface area contributed by atoms with Crippen LogP contribution < -0.4 is 5.73 Å². The highest BCUT2D eigenvalue weighted by molar-refractivity contribution is 7.16. The molecule has 0 bridgehead atoms. The minimum atomic E-state index is 0.523. The minimum Gasteiger partial charge on any atom is -0.390 e. The number of nitrogen functional groups attached to an aromatic ring is 1. The Balaban J connectivity index is 1.63. The Labute approximate surface area is 151 Å². The van der Waals surface area contributed by atoms with Gasteiger partial charge in [-0.1, -0.05) is 64.2 Å². The van der Waals surface area contributed by atoms with Crippen molar-refractivity contribution in [3.05, 3.63) is 16.5 Å². The van der Waals surface area contributed by atoms with Gasteiger partial charge in [-0.05, 0) is 37.7 Å². The third-order valence-electron chi connectivity index (χ3n) is 5.82. The molecule has 3 rings (SSSR count). The summed E-state index contributed by atoms with van der Waals surface area (Å²) in [5.41, 5.74) is 7.50. The Kier molecular flexibility index (Phi) is 7.19. The first-order valence-corrected chi connectivity index (χ1v) is 11.1. The van der Waals surface area contributed by atoms with Crippen molar-refractivity contribution in [2.45, 2.75) is 102 Å². The van der Waals surface area contributed by atoms with E-state index in [0.29, 0.717) is 6.04 Å². The molecule has 24 heavy (non-hydrogen) atoms. The van der Waals surface area contributed by atoms with E-state index < -0.39 is 0 Å². The van der Waals surface area contributed by atoms with E-state index in [2.05, 4.69) is 12.3 Å². The Bertz CT molecular complexity index is 504. The Morgan fingerprint density at radius 3 is 2.00 bits per heavy atom. The third-order valence-corrected chi connectivity index (χ3v) is 6.96. The van der Waals surface area contributed by atoms with Gasteiger partial charge in [0, 0.05) is 22.7 Å². The molecule has 0 spiro atoms. The Morgan fingerprint density at radius 2 is 1.38 bits per heavy atom. The molecule has 0 unspecified atom stereocenters. The number of hydrogen-bond acceptors (Lipinski definition) is 3. The standard InChI is InChI=1S/C21H34N2S/c22-21-18(16-23-19-13-9-5-2-6-10-14-19)15-20(24-21)17-11-7-3-1-4-8-12-17/h15-17,19H,1-14,22H2. The molecule has 2 fully saturated rings. The van der Waals surface area contributed by atoms with Gasteiger partial charge in [-0.15, -0.1) is 11.3 Å². The first-order chi connectivity index (χ1) is 11.8. The molecule has 0 amide bonds. The van der Waals surface area contributed by atoms with E-state index in [1.54, 1.807) is 0 Å². The highest BCUT2D eigenvalue weighted by Crippen LogP contribution is 2.37. The summed E-state index contributed by atoms with van der Waals surface area (Å²) in [6.45, 7) is 0. The largest absolute Gasteiger partial charge is 0.390 e. The lowest BCUT2D eigenvalue weighted by Gasteiger charge is -2.18. The number of rotatable bonds is 3. The van der Waals surface area contributed by atoms with Crippen molar-refractivity contribution < 1.29 is 0 Å². The van der Waals surface area contributed by atoms with Crippen LogP contribution in [-0.2, 0) is 0 Å². The Morgan fingerprint density at radius 1 is 0.833 bits per heavy atom. The molecule has 2 N–H and O–H groups in total. The van der Waals surface area contributed by atoms with Crippen molar-refractivity contribution in [2.24, 2.45) is 4.99 Å². The lowest BCUT2D eigenvalue weighted by Crippen LogP contribution is -2.07. The topological polar surface area (TPSA) is 38.4 Å².